The van der Waals surface area contributed by atoms with Gasteiger partial charge in [0.1, 0.15) is 0 Å². The van der Waals surface area contributed by atoms with Crippen molar-refractivity contribution in [3.8, 4) is 0 Å². The van der Waals surface area contributed by atoms with Crippen molar-refractivity contribution >= 4 is 27.4 Å². The Hall–Kier alpha value is -1.33. The Kier molecular flexibility index (Phi) is 6.23. The molecule has 1 rings (SSSR count). The van der Waals surface area contributed by atoms with Crippen LogP contribution >= 0.6 is 11.6 Å². The lowest BCUT2D eigenvalue weighted by Gasteiger charge is -2.06. The number of allylic oxidation sites excluding steroid dienone is 1. The monoisotopic (exact) mass is 316 g/mol. The maximum atomic E-state index is 12.1. The number of rotatable bonds is 8. The second-order valence-corrected chi connectivity index (χ2v) is 6.92. The highest BCUT2D eigenvalue weighted by molar-refractivity contribution is 7.91. The van der Waals surface area contributed by atoms with E-state index in [9.17, 15) is 13.2 Å². The van der Waals surface area contributed by atoms with Gasteiger partial charge in [-0.05, 0) is 37.5 Å². The number of halogens is 1. The number of benzene rings is 1. The summed E-state index contributed by atoms with van der Waals surface area (Å²) in [4.78, 5) is 10.9. The molecule has 0 amide bonds. The van der Waals surface area contributed by atoms with Crippen LogP contribution in [-0.4, -0.2) is 25.2 Å². The highest BCUT2D eigenvalue weighted by atomic mass is 35.5. The summed E-state index contributed by atoms with van der Waals surface area (Å²) >= 11 is 5.72. The molecule has 1 N–H and O–H groups in total. The minimum Gasteiger partial charge on any atom is -0.478 e. The molecule has 0 atom stereocenters. The van der Waals surface area contributed by atoms with Gasteiger partial charge in [-0.3, -0.25) is 0 Å². The summed E-state index contributed by atoms with van der Waals surface area (Å²) in [7, 11) is -3.47. The maximum absolute atomic E-state index is 12.1. The molecule has 20 heavy (non-hydrogen) atoms. The number of hydrogen-bond acceptors (Lipinski definition) is 3. The first-order chi connectivity index (χ1) is 9.38. The van der Waals surface area contributed by atoms with Crippen LogP contribution in [0.15, 0.2) is 35.7 Å². The minimum atomic E-state index is -3.47. The molecule has 4 nitrogen and oxygen atoms in total. The van der Waals surface area contributed by atoms with Crippen molar-refractivity contribution < 1.29 is 18.3 Å². The van der Waals surface area contributed by atoms with Crippen LogP contribution < -0.4 is 0 Å². The molecule has 0 aliphatic heterocycles. The number of carboxylic acids is 1. The van der Waals surface area contributed by atoms with Gasteiger partial charge in [0.2, 0.25) is 0 Å². The normalized spacial score (nSPS) is 11.2. The fourth-order valence-electron chi connectivity index (χ4n) is 1.74. The third-order valence-electron chi connectivity index (χ3n) is 2.85. The fourth-order valence-corrected chi connectivity index (χ4v) is 3.33. The van der Waals surface area contributed by atoms with Gasteiger partial charge in [0.15, 0.2) is 9.84 Å². The van der Waals surface area contributed by atoms with E-state index >= 15 is 0 Å². The van der Waals surface area contributed by atoms with E-state index in [0.717, 1.165) is 25.3 Å². The van der Waals surface area contributed by atoms with Crippen molar-refractivity contribution in [3.63, 3.8) is 0 Å². The van der Waals surface area contributed by atoms with Crippen molar-refractivity contribution in [1.29, 1.82) is 0 Å². The number of unbranched alkanes of at least 4 members (excludes halogenated alkanes) is 3. The predicted octanol–water partition coefficient (Wildman–Crippen LogP) is 3.56. The SMILES string of the molecule is C=CCCCCCS(=O)(=O)c1ccc(Cl)c(C(=O)O)c1. The largest absolute Gasteiger partial charge is 0.478 e. The van der Waals surface area contributed by atoms with Gasteiger partial charge in [-0.2, -0.15) is 0 Å². The first-order valence-electron chi connectivity index (χ1n) is 6.25. The topological polar surface area (TPSA) is 71.4 Å². The second kappa shape index (κ2) is 7.45. The van der Waals surface area contributed by atoms with Gasteiger partial charge < -0.3 is 5.11 Å². The summed E-state index contributed by atoms with van der Waals surface area (Å²) in [6.45, 7) is 3.60. The standard InChI is InChI=1S/C14H17ClO4S/c1-2-3-4-5-6-9-20(18,19)11-7-8-13(15)12(10-11)14(16)17/h2,7-8,10H,1,3-6,9H2,(H,16,17). The summed E-state index contributed by atoms with van der Waals surface area (Å²) in [6.07, 6.45) is 4.91. The van der Waals surface area contributed by atoms with E-state index in [0.29, 0.717) is 6.42 Å². The molecule has 1 aromatic carbocycles. The van der Waals surface area contributed by atoms with Crippen LogP contribution in [0.5, 0.6) is 0 Å². The summed E-state index contributed by atoms with van der Waals surface area (Å²) in [5, 5.41) is 8.97. The molecule has 0 fully saturated rings. The van der Waals surface area contributed by atoms with Gasteiger partial charge in [0.25, 0.3) is 0 Å². The summed E-state index contributed by atoms with van der Waals surface area (Å²) in [5.74, 6) is -1.23. The molecule has 0 aliphatic rings. The maximum Gasteiger partial charge on any atom is 0.337 e. The smallest absolute Gasteiger partial charge is 0.337 e. The van der Waals surface area contributed by atoms with Crippen LogP contribution in [0.25, 0.3) is 0 Å². The van der Waals surface area contributed by atoms with E-state index < -0.39 is 15.8 Å². The molecule has 0 aromatic heterocycles. The highest BCUT2D eigenvalue weighted by Crippen LogP contribution is 2.22. The lowest BCUT2D eigenvalue weighted by Crippen LogP contribution is -2.08. The molecule has 0 heterocycles. The molecule has 0 saturated carbocycles. The molecule has 0 unspecified atom stereocenters. The van der Waals surface area contributed by atoms with E-state index in [4.69, 9.17) is 16.7 Å². The van der Waals surface area contributed by atoms with Crippen molar-refractivity contribution in [2.24, 2.45) is 0 Å². The summed E-state index contributed by atoms with van der Waals surface area (Å²) < 4.78 is 24.2. The van der Waals surface area contributed by atoms with Crippen LogP contribution in [0.1, 0.15) is 36.0 Å². The number of hydrogen-bond donors (Lipinski definition) is 1. The minimum absolute atomic E-state index is 0.00280. The number of sulfone groups is 1. The van der Waals surface area contributed by atoms with E-state index in [1.807, 2.05) is 0 Å². The second-order valence-electron chi connectivity index (χ2n) is 4.40. The van der Waals surface area contributed by atoms with E-state index in [1.165, 1.54) is 12.1 Å². The number of aromatic carboxylic acids is 1. The zero-order valence-corrected chi connectivity index (χ0v) is 12.6. The Bertz CT molecular complexity index is 593. The van der Waals surface area contributed by atoms with Crippen molar-refractivity contribution in [2.75, 3.05) is 5.75 Å². The van der Waals surface area contributed by atoms with Crippen LogP contribution in [0.4, 0.5) is 0 Å². The van der Waals surface area contributed by atoms with Gasteiger partial charge in [0, 0.05) is 0 Å². The molecule has 0 aliphatic carbocycles. The van der Waals surface area contributed by atoms with Gasteiger partial charge in [-0.25, -0.2) is 13.2 Å². The Balaban J connectivity index is 2.80. The summed E-state index contributed by atoms with van der Waals surface area (Å²) in [6, 6.07) is 3.76. The molecule has 110 valence electrons. The Morgan fingerprint density at radius 3 is 2.60 bits per heavy atom. The molecular weight excluding hydrogens is 300 g/mol. The zero-order chi connectivity index (χ0) is 15.2. The Labute approximate surface area is 124 Å². The number of carboxylic acid groups (broad SMARTS) is 1. The van der Waals surface area contributed by atoms with Gasteiger partial charge in [-0.15, -0.1) is 6.58 Å². The average molecular weight is 317 g/mol. The molecule has 0 saturated heterocycles. The predicted molar refractivity (Wildman–Crippen MR) is 79.1 cm³/mol. The fraction of sp³-hybridized carbons (Fsp3) is 0.357. The Morgan fingerprint density at radius 2 is 2.00 bits per heavy atom. The van der Waals surface area contributed by atoms with Crippen molar-refractivity contribution in [3.05, 3.63) is 41.4 Å². The highest BCUT2D eigenvalue weighted by Gasteiger charge is 2.18. The lowest BCUT2D eigenvalue weighted by molar-refractivity contribution is 0.0697. The lowest BCUT2D eigenvalue weighted by atomic mass is 10.2. The van der Waals surface area contributed by atoms with Gasteiger partial charge >= 0.3 is 5.97 Å². The van der Waals surface area contributed by atoms with Crippen LogP contribution in [0, 0.1) is 0 Å². The van der Waals surface area contributed by atoms with Crippen LogP contribution in [0.3, 0.4) is 0 Å². The van der Waals surface area contributed by atoms with Crippen molar-refractivity contribution in [2.45, 2.75) is 30.6 Å². The molecule has 0 radical (unpaired) electrons. The van der Waals surface area contributed by atoms with Gasteiger partial charge in [0.05, 0.1) is 21.2 Å². The van der Waals surface area contributed by atoms with Gasteiger partial charge in [-0.1, -0.05) is 24.1 Å². The molecular formula is C14H17ClO4S. The average Bonchev–Trinajstić information content (AvgIpc) is 2.38. The summed E-state index contributed by atoms with van der Waals surface area (Å²) in [5.41, 5.74) is -0.195. The molecule has 0 bridgehead atoms. The number of carbonyl (C=O) groups is 1. The van der Waals surface area contributed by atoms with E-state index in [1.54, 1.807) is 6.08 Å². The van der Waals surface area contributed by atoms with E-state index in [-0.39, 0.29) is 21.2 Å². The zero-order valence-electron chi connectivity index (χ0n) is 11.0. The Morgan fingerprint density at radius 1 is 1.30 bits per heavy atom. The quantitative estimate of drug-likeness (QED) is 0.588. The van der Waals surface area contributed by atoms with E-state index in [2.05, 4.69) is 6.58 Å². The third kappa shape index (κ3) is 4.65. The third-order valence-corrected chi connectivity index (χ3v) is 4.98. The first kappa shape index (κ1) is 16.7. The van der Waals surface area contributed by atoms with Crippen LogP contribution in [-0.2, 0) is 9.84 Å². The molecule has 0 spiro atoms. The first-order valence-corrected chi connectivity index (χ1v) is 8.28. The van der Waals surface area contributed by atoms with Crippen molar-refractivity contribution in [1.82, 2.24) is 0 Å². The molecule has 6 heteroatoms. The van der Waals surface area contributed by atoms with Crippen LogP contribution in [0.2, 0.25) is 5.02 Å². The molecule has 1 aromatic rings.